The predicted molar refractivity (Wildman–Crippen MR) is 89.3 cm³/mol. The number of benzene rings is 1. The molecule has 0 aliphatic heterocycles. The Bertz CT molecular complexity index is 781. The molecule has 0 radical (unpaired) electrons. The number of nitrogens with zero attached hydrogens (tertiary/aromatic N) is 3. The van der Waals surface area contributed by atoms with E-state index in [9.17, 15) is 0 Å². The first kappa shape index (κ1) is 14.8. The molecular weight excluding hydrogens is 296 g/mol. The minimum atomic E-state index is 0.567. The largest absolute Gasteiger partial charge is 0.330 e. The van der Waals surface area contributed by atoms with Gasteiger partial charge in [0.2, 0.25) is 0 Å². The molecule has 0 saturated carbocycles. The molecule has 22 heavy (non-hydrogen) atoms. The van der Waals surface area contributed by atoms with E-state index in [2.05, 4.69) is 11.1 Å². The van der Waals surface area contributed by atoms with Crippen molar-refractivity contribution in [3.8, 4) is 16.9 Å². The smallest absolute Gasteiger partial charge is 0.0759 e. The van der Waals surface area contributed by atoms with Gasteiger partial charge in [-0.3, -0.25) is 4.98 Å². The molecule has 2 heterocycles. The number of hydrogen-bond donors (Lipinski definition) is 1. The summed E-state index contributed by atoms with van der Waals surface area (Å²) in [7, 11) is 0. The minimum Gasteiger partial charge on any atom is -0.330 e. The van der Waals surface area contributed by atoms with Crippen LogP contribution in [0.1, 0.15) is 11.3 Å². The first-order chi connectivity index (χ1) is 10.7. The van der Waals surface area contributed by atoms with E-state index >= 15 is 0 Å². The maximum Gasteiger partial charge on any atom is 0.0759 e. The highest BCUT2D eigenvalue weighted by atomic mass is 35.5. The van der Waals surface area contributed by atoms with Crippen LogP contribution in [0.4, 0.5) is 0 Å². The minimum absolute atomic E-state index is 0.567. The standard InChI is InChI=1S/C17H17ClN4/c1-12-4-5-14(18)9-16(12)22-17(10-15(21-22)6-7-19)13-3-2-8-20-11-13/h2-5,8-11H,6-7,19H2,1H3. The molecule has 0 spiro atoms. The molecule has 0 bridgehead atoms. The number of halogens is 1. The van der Waals surface area contributed by atoms with Gasteiger partial charge in [-0.1, -0.05) is 17.7 Å². The Morgan fingerprint density at radius 1 is 1.23 bits per heavy atom. The maximum absolute atomic E-state index is 6.16. The second-order valence-electron chi connectivity index (χ2n) is 5.14. The van der Waals surface area contributed by atoms with Crippen molar-refractivity contribution in [2.24, 2.45) is 5.73 Å². The first-order valence-electron chi connectivity index (χ1n) is 7.15. The van der Waals surface area contributed by atoms with Crippen LogP contribution < -0.4 is 5.73 Å². The van der Waals surface area contributed by atoms with Crippen molar-refractivity contribution < 1.29 is 0 Å². The van der Waals surface area contributed by atoms with Crippen molar-refractivity contribution in [1.29, 1.82) is 0 Å². The summed E-state index contributed by atoms with van der Waals surface area (Å²) in [5, 5.41) is 5.39. The lowest BCUT2D eigenvalue weighted by atomic mass is 10.1. The van der Waals surface area contributed by atoms with Gasteiger partial charge in [-0.25, -0.2) is 4.68 Å². The van der Waals surface area contributed by atoms with Crippen LogP contribution in [0.5, 0.6) is 0 Å². The Labute approximate surface area is 134 Å². The van der Waals surface area contributed by atoms with E-state index < -0.39 is 0 Å². The third-order valence-electron chi connectivity index (χ3n) is 3.52. The lowest BCUT2D eigenvalue weighted by Crippen LogP contribution is -2.05. The van der Waals surface area contributed by atoms with Crippen LogP contribution in [-0.2, 0) is 6.42 Å². The molecule has 0 aliphatic carbocycles. The third kappa shape index (κ3) is 2.89. The summed E-state index contributed by atoms with van der Waals surface area (Å²) in [6.45, 7) is 2.61. The number of aryl methyl sites for hydroxylation is 1. The lowest BCUT2D eigenvalue weighted by Gasteiger charge is -2.10. The van der Waals surface area contributed by atoms with Gasteiger partial charge in [0.1, 0.15) is 0 Å². The average Bonchev–Trinajstić information content (AvgIpc) is 2.95. The summed E-state index contributed by atoms with van der Waals surface area (Å²) in [5.41, 5.74) is 10.7. The quantitative estimate of drug-likeness (QED) is 0.803. The zero-order chi connectivity index (χ0) is 15.5. The monoisotopic (exact) mass is 312 g/mol. The molecule has 0 unspecified atom stereocenters. The number of aromatic nitrogens is 3. The van der Waals surface area contributed by atoms with E-state index in [0.717, 1.165) is 34.6 Å². The Morgan fingerprint density at radius 3 is 2.82 bits per heavy atom. The van der Waals surface area contributed by atoms with Gasteiger partial charge in [-0.05, 0) is 49.4 Å². The highest BCUT2D eigenvalue weighted by Gasteiger charge is 2.13. The summed E-state index contributed by atoms with van der Waals surface area (Å²) in [5.74, 6) is 0. The van der Waals surface area contributed by atoms with Crippen LogP contribution in [0.15, 0.2) is 48.8 Å². The van der Waals surface area contributed by atoms with Crippen molar-refractivity contribution in [2.45, 2.75) is 13.3 Å². The highest BCUT2D eigenvalue weighted by molar-refractivity contribution is 6.30. The summed E-state index contributed by atoms with van der Waals surface area (Å²) >= 11 is 6.16. The molecule has 0 atom stereocenters. The molecular formula is C17H17ClN4. The van der Waals surface area contributed by atoms with E-state index in [4.69, 9.17) is 22.4 Å². The molecule has 0 amide bonds. The van der Waals surface area contributed by atoms with Gasteiger partial charge >= 0.3 is 0 Å². The van der Waals surface area contributed by atoms with Gasteiger partial charge in [0.25, 0.3) is 0 Å². The Kier molecular flexibility index (Phi) is 4.22. The normalized spacial score (nSPS) is 10.9. The zero-order valence-electron chi connectivity index (χ0n) is 12.3. The van der Waals surface area contributed by atoms with Crippen LogP contribution in [0.25, 0.3) is 16.9 Å². The molecule has 4 nitrogen and oxygen atoms in total. The van der Waals surface area contributed by atoms with Gasteiger partial charge in [-0.2, -0.15) is 5.10 Å². The fraction of sp³-hybridized carbons (Fsp3) is 0.176. The number of hydrogen-bond acceptors (Lipinski definition) is 3. The molecule has 3 rings (SSSR count). The van der Waals surface area contributed by atoms with Crippen LogP contribution in [0.2, 0.25) is 5.02 Å². The second kappa shape index (κ2) is 6.30. The molecule has 1 aromatic carbocycles. The first-order valence-corrected chi connectivity index (χ1v) is 7.53. The fourth-order valence-corrected chi connectivity index (χ4v) is 2.58. The van der Waals surface area contributed by atoms with Crippen molar-refractivity contribution in [3.63, 3.8) is 0 Å². The van der Waals surface area contributed by atoms with Crippen molar-refractivity contribution in [2.75, 3.05) is 6.54 Å². The number of pyridine rings is 1. The summed E-state index contributed by atoms with van der Waals surface area (Å²) in [4.78, 5) is 4.20. The SMILES string of the molecule is Cc1ccc(Cl)cc1-n1nc(CCN)cc1-c1cccnc1. The van der Waals surface area contributed by atoms with Crippen LogP contribution in [0, 0.1) is 6.92 Å². The molecule has 2 aromatic heterocycles. The van der Waals surface area contributed by atoms with E-state index in [1.54, 1.807) is 6.20 Å². The van der Waals surface area contributed by atoms with Crippen LogP contribution in [-0.4, -0.2) is 21.3 Å². The maximum atomic E-state index is 6.16. The molecule has 2 N–H and O–H groups in total. The van der Waals surface area contributed by atoms with Crippen molar-refractivity contribution in [1.82, 2.24) is 14.8 Å². The van der Waals surface area contributed by atoms with E-state index in [-0.39, 0.29) is 0 Å². The Balaban J connectivity index is 2.19. The van der Waals surface area contributed by atoms with Crippen LogP contribution in [0.3, 0.4) is 0 Å². The Hall–Kier alpha value is -2.17. The highest BCUT2D eigenvalue weighted by Crippen LogP contribution is 2.27. The van der Waals surface area contributed by atoms with Gasteiger partial charge in [0.05, 0.1) is 17.1 Å². The van der Waals surface area contributed by atoms with E-state index in [0.29, 0.717) is 11.6 Å². The van der Waals surface area contributed by atoms with E-state index in [1.165, 1.54) is 0 Å². The van der Waals surface area contributed by atoms with Gasteiger partial charge in [-0.15, -0.1) is 0 Å². The topological polar surface area (TPSA) is 56.7 Å². The molecule has 0 saturated heterocycles. The average molecular weight is 313 g/mol. The fourth-order valence-electron chi connectivity index (χ4n) is 2.41. The molecule has 5 heteroatoms. The predicted octanol–water partition coefficient (Wildman–Crippen LogP) is 3.40. The van der Waals surface area contributed by atoms with Crippen LogP contribution >= 0.6 is 11.6 Å². The van der Waals surface area contributed by atoms with Crippen molar-refractivity contribution in [3.05, 3.63) is 65.1 Å². The lowest BCUT2D eigenvalue weighted by molar-refractivity contribution is 0.821. The summed E-state index contributed by atoms with van der Waals surface area (Å²) in [6, 6.07) is 11.8. The summed E-state index contributed by atoms with van der Waals surface area (Å²) < 4.78 is 1.92. The Morgan fingerprint density at radius 2 is 2.09 bits per heavy atom. The van der Waals surface area contributed by atoms with Gasteiger partial charge in [0, 0.05) is 29.4 Å². The summed E-state index contributed by atoms with van der Waals surface area (Å²) in [6.07, 6.45) is 4.33. The van der Waals surface area contributed by atoms with Gasteiger partial charge in [0.15, 0.2) is 0 Å². The molecule has 0 fully saturated rings. The number of rotatable bonds is 4. The van der Waals surface area contributed by atoms with Crippen molar-refractivity contribution >= 4 is 11.6 Å². The molecule has 0 aliphatic rings. The second-order valence-corrected chi connectivity index (χ2v) is 5.58. The third-order valence-corrected chi connectivity index (χ3v) is 3.75. The molecule has 112 valence electrons. The zero-order valence-corrected chi connectivity index (χ0v) is 13.1. The van der Waals surface area contributed by atoms with E-state index in [1.807, 2.05) is 48.1 Å². The number of nitrogens with two attached hydrogens (primary N) is 1. The molecule has 3 aromatic rings. The van der Waals surface area contributed by atoms with Gasteiger partial charge < -0.3 is 5.73 Å².